The average Bonchev–Trinajstić information content (AvgIpc) is 2.02. The third-order valence-electron chi connectivity index (χ3n) is 2.62. The molecule has 1 aliphatic heterocycles. The van der Waals surface area contributed by atoms with Crippen molar-refractivity contribution in [3.8, 4) is 0 Å². The maximum atomic E-state index is 5.55. The molecule has 0 aromatic carbocycles. The molecule has 0 aliphatic carbocycles. The number of nitrogens with one attached hydrogen (secondary N) is 1. The normalized spacial score (nSPS) is 24.9. The Morgan fingerprint density at radius 1 is 1.50 bits per heavy atom. The summed E-state index contributed by atoms with van der Waals surface area (Å²) in [5.41, 5.74) is 0.254. The first-order valence-corrected chi connectivity index (χ1v) is 5.62. The highest BCUT2D eigenvalue weighted by Crippen LogP contribution is 2.10. The third-order valence-corrected chi connectivity index (χ3v) is 2.62. The van der Waals surface area contributed by atoms with E-state index in [9.17, 15) is 0 Å². The highest BCUT2D eigenvalue weighted by Gasteiger charge is 2.26. The van der Waals surface area contributed by atoms with Crippen LogP contribution in [0.4, 0.5) is 0 Å². The Bertz CT molecular complexity index is 171. The summed E-state index contributed by atoms with van der Waals surface area (Å²) in [4.78, 5) is 2.48. The smallest absolute Gasteiger partial charge is 0.0673 e. The van der Waals surface area contributed by atoms with E-state index in [1.54, 1.807) is 0 Å². The summed E-state index contributed by atoms with van der Waals surface area (Å²) in [5.74, 6) is 0. The Labute approximate surface area is 87.8 Å². The Balaban J connectivity index is 2.30. The molecule has 1 rings (SSSR count). The van der Waals surface area contributed by atoms with Crippen molar-refractivity contribution in [1.29, 1.82) is 0 Å². The molecule has 1 heterocycles. The number of nitrogens with zero attached hydrogens (tertiary/aromatic N) is 1. The SMILES string of the molecule is CCOC(C)CN1CCNC(C)(C)C1. The van der Waals surface area contributed by atoms with Gasteiger partial charge in [0.15, 0.2) is 0 Å². The Hall–Kier alpha value is -0.120. The third kappa shape index (κ3) is 3.95. The van der Waals surface area contributed by atoms with Crippen LogP contribution < -0.4 is 5.32 Å². The van der Waals surface area contributed by atoms with Crippen LogP contribution in [-0.4, -0.2) is 49.3 Å². The molecule has 1 fully saturated rings. The van der Waals surface area contributed by atoms with E-state index in [2.05, 4.69) is 37.9 Å². The van der Waals surface area contributed by atoms with Crippen molar-refractivity contribution in [1.82, 2.24) is 10.2 Å². The molecule has 0 saturated carbocycles. The molecule has 1 unspecified atom stereocenters. The largest absolute Gasteiger partial charge is 0.377 e. The molecule has 84 valence electrons. The van der Waals surface area contributed by atoms with Crippen molar-refractivity contribution in [2.24, 2.45) is 0 Å². The van der Waals surface area contributed by atoms with Crippen LogP contribution in [0.5, 0.6) is 0 Å². The fourth-order valence-corrected chi connectivity index (χ4v) is 2.10. The lowest BCUT2D eigenvalue weighted by molar-refractivity contribution is 0.0312. The minimum absolute atomic E-state index is 0.254. The molecule has 0 spiro atoms. The topological polar surface area (TPSA) is 24.5 Å². The zero-order valence-electron chi connectivity index (χ0n) is 9.97. The number of piperazine rings is 1. The van der Waals surface area contributed by atoms with Gasteiger partial charge < -0.3 is 10.1 Å². The van der Waals surface area contributed by atoms with E-state index in [-0.39, 0.29) is 5.54 Å². The molecule has 0 bridgehead atoms. The maximum Gasteiger partial charge on any atom is 0.0673 e. The van der Waals surface area contributed by atoms with Gasteiger partial charge in [-0.3, -0.25) is 4.90 Å². The van der Waals surface area contributed by atoms with Gasteiger partial charge in [0.2, 0.25) is 0 Å². The van der Waals surface area contributed by atoms with Crippen molar-refractivity contribution in [3.63, 3.8) is 0 Å². The van der Waals surface area contributed by atoms with Gasteiger partial charge in [-0.1, -0.05) is 0 Å². The van der Waals surface area contributed by atoms with E-state index in [1.165, 1.54) is 0 Å². The lowest BCUT2D eigenvalue weighted by Crippen LogP contribution is -2.58. The first-order chi connectivity index (χ1) is 6.53. The van der Waals surface area contributed by atoms with Gasteiger partial charge in [0.05, 0.1) is 6.10 Å². The maximum absolute atomic E-state index is 5.55. The number of hydrogen-bond donors (Lipinski definition) is 1. The summed E-state index contributed by atoms with van der Waals surface area (Å²) < 4.78 is 5.55. The predicted molar refractivity (Wildman–Crippen MR) is 59.6 cm³/mol. The van der Waals surface area contributed by atoms with Gasteiger partial charge in [0.1, 0.15) is 0 Å². The molecular formula is C11H24N2O. The van der Waals surface area contributed by atoms with Crippen molar-refractivity contribution in [2.45, 2.75) is 39.3 Å². The lowest BCUT2D eigenvalue weighted by Gasteiger charge is -2.40. The fourth-order valence-electron chi connectivity index (χ4n) is 2.10. The fraction of sp³-hybridized carbons (Fsp3) is 1.00. The van der Waals surface area contributed by atoms with Gasteiger partial charge in [-0.2, -0.15) is 0 Å². The number of hydrogen-bond acceptors (Lipinski definition) is 3. The van der Waals surface area contributed by atoms with Crippen LogP contribution in [0.15, 0.2) is 0 Å². The van der Waals surface area contributed by atoms with Crippen molar-refractivity contribution in [2.75, 3.05) is 32.8 Å². The van der Waals surface area contributed by atoms with Crippen LogP contribution in [0, 0.1) is 0 Å². The van der Waals surface area contributed by atoms with Crippen LogP contribution in [-0.2, 0) is 4.74 Å². The van der Waals surface area contributed by atoms with Crippen LogP contribution in [0.2, 0.25) is 0 Å². The van der Waals surface area contributed by atoms with Gasteiger partial charge in [-0.05, 0) is 27.7 Å². The van der Waals surface area contributed by atoms with E-state index in [4.69, 9.17) is 4.74 Å². The van der Waals surface area contributed by atoms with E-state index < -0.39 is 0 Å². The van der Waals surface area contributed by atoms with Crippen molar-refractivity contribution >= 4 is 0 Å². The second-order valence-electron chi connectivity index (χ2n) is 4.81. The summed E-state index contributed by atoms with van der Waals surface area (Å²) in [6.07, 6.45) is 0.355. The first kappa shape index (κ1) is 12.0. The molecule has 1 aliphatic rings. The average molecular weight is 200 g/mol. The Morgan fingerprint density at radius 2 is 2.21 bits per heavy atom. The predicted octanol–water partition coefficient (Wildman–Crippen LogP) is 1.10. The van der Waals surface area contributed by atoms with Gasteiger partial charge in [-0.15, -0.1) is 0 Å². The molecular weight excluding hydrogens is 176 g/mol. The minimum Gasteiger partial charge on any atom is -0.377 e. The quantitative estimate of drug-likeness (QED) is 0.735. The molecule has 3 nitrogen and oxygen atoms in total. The highest BCUT2D eigenvalue weighted by molar-refractivity contribution is 4.87. The molecule has 0 amide bonds. The molecule has 0 aromatic rings. The molecule has 0 aromatic heterocycles. The standard InChI is InChI=1S/C11H24N2O/c1-5-14-10(2)8-13-7-6-12-11(3,4)9-13/h10,12H,5-9H2,1-4H3. The summed E-state index contributed by atoms with van der Waals surface area (Å²) >= 11 is 0. The number of rotatable bonds is 4. The van der Waals surface area contributed by atoms with Crippen molar-refractivity contribution < 1.29 is 4.74 Å². The Kier molecular flexibility index (Phi) is 4.35. The molecule has 3 heteroatoms. The second kappa shape index (κ2) is 5.10. The zero-order chi connectivity index (χ0) is 10.6. The molecule has 1 atom stereocenters. The van der Waals surface area contributed by atoms with Crippen LogP contribution in [0.3, 0.4) is 0 Å². The van der Waals surface area contributed by atoms with E-state index in [0.717, 1.165) is 32.8 Å². The summed E-state index contributed by atoms with van der Waals surface area (Å²) in [5, 5.41) is 3.51. The zero-order valence-corrected chi connectivity index (χ0v) is 9.97. The van der Waals surface area contributed by atoms with Crippen molar-refractivity contribution in [3.05, 3.63) is 0 Å². The van der Waals surface area contributed by atoms with E-state index in [1.807, 2.05) is 0 Å². The van der Waals surface area contributed by atoms with Crippen LogP contribution in [0.1, 0.15) is 27.7 Å². The van der Waals surface area contributed by atoms with Crippen LogP contribution in [0.25, 0.3) is 0 Å². The molecule has 1 N–H and O–H groups in total. The Morgan fingerprint density at radius 3 is 2.79 bits per heavy atom. The lowest BCUT2D eigenvalue weighted by atomic mass is 10.0. The van der Waals surface area contributed by atoms with Gasteiger partial charge in [0, 0.05) is 38.3 Å². The van der Waals surface area contributed by atoms with E-state index >= 15 is 0 Å². The van der Waals surface area contributed by atoms with E-state index in [0.29, 0.717) is 6.10 Å². The second-order valence-corrected chi connectivity index (χ2v) is 4.81. The van der Waals surface area contributed by atoms with Crippen LogP contribution >= 0.6 is 0 Å². The minimum atomic E-state index is 0.254. The van der Waals surface area contributed by atoms with Gasteiger partial charge in [-0.25, -0.2) is 0 Å². The molecule has 14 heavy (non-hydrogen) atoms. The molecule has 0 radical (unpaired) electrons. The highest BCUT2D eigenvalue weighted by atomic mass is 16.5. The monoisotopic (exact) mass is 200 g/mol. The summed E-state index contributed by atoms with van der Waals surface area (Å²) in [6.45, 7) is 13.9. The summed E-state index contributed by atoms with van der Waals surface area (Å²) in [6, 6.07) is 0. The number of ether oxygens (including phenoxy) is 1. The molecule has 1 saturated heterocycles. The first-order valence-electron chi connectivity index (χ1n) is 5.62. The van der Waals surface area contributed by atoms with Gasteiger partial charge in [0.25, 0.3) is 0 Å². The summed E-state index contributed by atoms with van der Waals surface area (Å²) in [7, 11) is 0. The van der Waals surface area contributed by atoms with Gasteiger partial charge >= 0.3 is 0 Å².